The van der Waals surface area contributed by atoms with Crippen molar-refractivity contribution in [2.24, 2.45) is 5.73 Å². The number of methoxy groups -OCH3 is 1. The molecule has 0 radical (unpaired) electrons. The highest BCUT2D eigenvalue weighted by atomic mass is 32.2. The van der Waals surface area contributed by atoms with Crippen LogP contribution in [0.3, 0.4) is 0 Å². The van der Waals surface area contributed by atoms with Crippen molar-refractivity contribution in [1.29, 1.82) is 0 Å². The van der Waals surface area contributed by atoms with Crippen molar-refractivity contribution in [1.82, 2.24) is 0 Å². The number of fused-ring (bicyclic) bond motifs is 3. The predicted octanol–water partition coefficient (Wildman–Crippen LogP) is 1.29. The Labute approximate surface area is 244 Å². The van der Waals surface area contributed by atoms with E-state index in [0.717, 1.165) is 0 Å². The fraction of sp³-hybridized carbons (Fsp3) is 0.448. The number of rotatable bonds is 6. The third-order valence-corrected chi connectivity index (χ3v) is 8.88. The van der Waals surface area contributed by atoms with Gasteiger partial charge in [-0.15, -0.1) is 0 Å². The Morgan fingerprint density at radius 2 is 1.83 bits per heavy atom. The molecule has 1 fully saturated rings. The molecule has 0 bridgehead atoms. The maximum Gasteiger partial charge on any atom is 0.202 e. The van der Waals surface area contributed by atoms with Crippen LogP contribution in [0.25, 0.3) is 0 Å². The number of carbonyl (C=O) groups is 4. The summed E-state index contributed by atoms with van der Waals surface area (Å²) in [6, 6.07) is 3.65. The first kappa shape index (κ1) is 30.1. The molecule has 1 saturated heterocycles. The van der Waals surface area contributed by atoms with Gasteiger partial charge in [-0.25, -0.2) is 0 Å². The molecule has 2 aliphatic carbocycles. The summed E-state index contributed by atoms with van der Waals surface area (Å²) in [5.74, 6) is -3.88. The molecule has 2 aromatic rings. The zero-order valence-electron chi connectivity index (χ0n) is 23.1. The minimum absolute atomic E-state index is 0.0174. The number of aliphatic hydroxyl groups excluding tert-OH is 1. The van der Waals surface area contributed by atoms with E-state index in [9.17, 15) is 39.6 Å². The second-order valence-corrected chi connectivity index (χ2v) is 11.9. The molecule has 42 heavy (non-hydrogen) atoms. The van der Waals surface area contributed by atoms with E-state index in [4.69, 9.17) is 19.9 Å². The number of benzene rings is 2. The number of ether oxygens (including phenoxy) is 3. The summed E-state index contributed by atoms with van der Waals surface area (Å²) in [6.07, 6.45) is -5.05. The van der Waals surface area contributed by atoms with Crippen LogP contribution in [-0.4, -0.2) is 85.9 Å². The molecule has 0 amide bonds. The van der Waals surface area contributed by atoms with Crippen molar-refractivity contribution < 1.29 is 53.8 Å². The van der Waals surface area contributed by atoms with Crippen LogP contribution in [0.5, 0.6) is 17.2 Å². The monoisotopic (exact) mass is 601 g/mol. The number of Topliss-reactive ketones (excluding diaryl/α,β-unsaturated/α-hetero) is 1. The van der Waals surface area contributed by atoms with Crippen LogP contribution in [-0.2, 0) is 25.5 Å². The molecule has 13 heteroatoms. The smallest absolute Gasteiger partial charge is 0.202 e. The Hall–Kier alpha value is -3.33. The van der Waals surface area contributed by atoms with Crippen LogP contribution in [0.15, 0.2) is 18.2 Å². The minimum atomic E-state index is -2.18. The van der Waals surface area contributed by atoms with Crippen LogP contribution in [0, 0.1) is 0 Å². The predicted molar refractivity (Wildman–Crippen MR) is 148 cm³/mol. The fourth-order valence-electron chi connectivity index (χ4n) is 5.90. The van der Waals surface area contributed by atoms with Gasteiger partial charge in [0.25, 0.3) is 0 Å². The molecular formula is C29H31NO11S. The topological polar surface area (TPSA) is 203 Å². The lowest BCUT2D eigenvalue weighted by Crippen LogP contribution is -2.53. The van der Waals surface area contributed by atoms with E-state index in [1.807, 2.05) is 0 Å². The Morgan fingerprint density at radius 1 is 1.14 bits per heavy atom. The lowest BCUT2D eigenvalue weighted by atomic mass is 9.72. The van der Waals surface area contributed by atoms with Crippen LogP contribution < -0.4 is 10.5 Å². The number of ketones is 3. The van der Waals surface area contributed by atoms with Gasteiger partial charge in [0.1, 0.15) is 22.8 Å². The Balaban J connectivity index is 1.66. The van der Waals surface area contributed by atoms with E-state index in [1.165, 1.54) is 32.2 Å². The lowest BCUT2D eigenvalue weighted by molar-refractivity contribution is -0.247. The van der Waals surface area contributed by atoms with E-state index >= 15 is 0 Å². The van der Waals surface area contributed by atoms with Crippen molar-refractivity contribution in [3.63, 3.8) is 0 Å². The summed E-state index contributed by atoms with van der Waals surface area (Å²) in [6.45, 7) is 2.86. The molecule has 6 N–H and O–H groups in total. The van der Waals surface area contributed by atoms with Gasteiger partial charge in [-0.3, -0.25) is 19.2 Å². The average Bonchev–Trinajstić information content (AvgIpc) is 2.94. The third kappa shape index (κ3) is 4.89. The number of hydrogen-bond donors (Lipinski definition) is 5. The van der Waals surface area contributed by atoms with Gasteiger partial charge in [0.15, 0.2) is 23.0 Å². The quantitative estimate of drug-likeness (QED) is 0.253. The van der Waals surface area contributed by atoms with Gasteiger partial charge in [-0.2, -0.15) is 0 Å². The van der Waals surface area contributed by atoms with E-state index in [2.05, 4.69) is 0 Å². The maximum absolute atomic E-state index is 13.7. The molecule has 6 atom stereocenters. The van der Waals surface area contributed by atoms with Crippen LogP contribution >= 0.6 is 11.8 Å². The summed E-state index contributed by atoms with van der Waals surface area (Å²) >= 11 is 0.696. The van der Waals surface area contributed by atoms with Gasteiger partial charge in [-0.05, 0) is 13.0 Å². The summed E-state index contributed by atoms with van der Waals surface area (Å²) in [4.78, 5) is 52.1. The van der Waals surface area contributed by atoms with E-state index < -0.39 is 89.1 Å². The summed E-state index contributed by atoms with van der Waals surface area (Å²) < 4.78 is 17.2. The second-order valence-electron chi connectivity index (χ2n) is 10.8. The first-order valence-electron chi connectivity index (χ1n) is 13.3. The molecule has 0 saturated carbocycles. The van der Waals surface area contributed by atoms with Crippen LogP contribution in [0.2, 0.25) is 0 Å². The molecule has 2 aromatic carbocycles. The molecule has 1 heterocycles. The lowest BCUT2D eigenvalue weighted by Gasteiger charge is -2.42. The number of carbonyl (C=O) groups excluding carboxylic acids is 4. The van der Waals surface area contributed by atoms with Crippen LogP contribution in [0.4, 0.5) is 0 Å². The zero-order valence-corrected chi connectivity index (χ0v) is 23.9. The highest BCUT2D eigenvalue weighted by Crippen LogP contribution is 2.52. The average molecular weight is 602 g/mol. The molecule has 5 rings (SSSR count). The molecule has 3 aliphatic rings. The summed E-state index contributed by atoms with van der Waals surface area (Å²) in [5, 5.41) is 44.5. The number of phenols is 2. The van der Waals surface area contributed by atoms with Crippen LogP contribution in [0.1, 0.15) is 75.8 Å². The van der Waals surface area contributed by atoms with E-state index in [1.54, 1.807) is 6.92 Å². The highest BCUT2D eigenvalue weighted by Gasteiger charge is 2.50. The largest absolute Gasteiger partial charge is 0.507 e. The number of hydrogen-bond acceptors (Lipinski definition) is 13. The van der Waals surface area contributed by atoms with Crippen molar-refractivity contribution >= 4 is 34.2 Å². The number of aromatic hydroxyl groups is 2. The normalized spacial score (nSPS) is 28.5. The van der Waals surface area contributed by atoms with Gasteiger partial charge in [0.2, 0.25) is 5.78 Å². The van der Waals surface area contributed by atoms with Gasteiger partial charge >= 0.3 is 0 Å². The molecule has 1 aliphatic heterocycles. The summed E-state index contributed by atoms with van der Waals surface area (Å²) in [7, 11) is 1.33. The zero-order chi connectivity index (χ0) is 30.7. The highest BCUT2D eigenvalue weighted by molar-refractivity contribution is 8.14. The molecule has 0 aromatic heterocycles. The third-order valence-electron chi connectivity index (χ3n) is 8.07. The Kier molecular flexibility index (Phi) is 7.94. The van der Waals surface area contributed by atoms with E-state index in [0.29, 0.717) is 11.8 Å². The number of aliphatic hydroxyl groups is 2. The van der Waals surface area contributed by atoms with Gasteiger partial charge in [0.05, 0.1) is 47.9 Å². The van der Waals surface area contributed by atoms with Crippen molar-refractivity contribution in [2.75, 3.05) is 12.9 Å². The Bertz CT molecular complexity index is 1500. The van der Waals surface area contributed by atoms with Crippen molar-refractivity contribution in [3.05, 3.63) is 51.6 Å². The van der Waals surface area contributed by atoms with Crippen molar-refractivity contribution in [3.8, 4) is 17.2 Å². The molecule has 224 valence electrons. The van der Waals surface area contributed by atoms with E-state index in [-0.39, 0.29) is 45.3 Å². The van der Waals surface area contributed by atoms with Crippen molar-refractivity contribution in [2.45, 2.75) is 69.4 Å². The molecule has 4 unspecified atom stereocenters. The number of thioether (sulfide) groups is 1. The molecule has 12 nitrogen and oxygen atoms in total. The second kappa shape index (κ2) is 11.1. The SMILES string of the molecule is COc1cccc2c1C(=O)c1c(O)c3c(c(O)c1C2=O)C[C@@](O)(C(=O)CSC(C)=O)C[C@@H]3OC1CC(N)C(O)C(C)O1. The standard InChI is InChI=1S/C29H31NO11S/c1-11-24(33)15(30)7-19(40-11)41-17-9-29(38,18(32)10-42-12(2)31)8-14-21(17)28(37)23-22(26(14)35)25(34)13-5-4-6-16(39-3)20(13)27(23)36/h4-6,11,15,17,19,24,33,35,37-38H,7-10,30H2,1-3H3/t11?,15?,17-,19?,24?,29-/m0/s1. The maximum atomic E-state index is 13.7. The van der Waals surface area contributed by atoms with Gasteiger partial charge in [-0.1, -0.05) is 23.9 Å². The first-order chi connectivity index (χ1) is 19.8. The minimum Gasteiger partial charge on any atom is -0.507 e. The van der Waals surface area contributed by atoms with Gasteiger partial charge < -0.3 is 40.4 Å². The molecule has 0 spiro atoms. The fourth-order valence-corrected chi connectivity index (χ4v) is 6.51. The summed E-state index contributed by atoms with van der Waals surface area (Å²) in [5.41, 5.74) is 2.54. The first-order valence-corrected chi connectivity index (χ1v) is 14.3. The number of phenolic OH excluding ortho intramolecular Hbond substituents is 2. The molecular weight excluding hydrogens is 570 g/mol. The Morgan fingerprint density at radius 3 is 2.48 bits per heavy atom. The number of nitrogens with two attached hydrogens (primary N) is 1. The van der Waals surface area contributed by atoms with Gasteiger partial charge in [0, 0.05) is 48.9 Å².